The van der Waals surface area contributed by atoms with Crippen molar-refractivity contribution in [1.29, 1.82) is 0 Å². The van der Waals surface area contributed by atoms with Gasteiger partial charge in [-0.05, 0) is 76.9 Å². The highest BCUT2D eigenvalue weighted by Gasteiger charge is 2.42. The van der Waals surface area contributed by atoms with Gasteiger partial charge in [-0.2, -0.15) is 4.31 Å². The maximum Gasteiger partial charge on any atom is 0.243 e. The van der Waals surface area contributed by atoms with Crippen LogP contribution in [-0.2, 0) is 21.2 Å². The van der Waals surface area contributed by atoms with Crippen molar-refractivity contribution in [2.75, 3.05) is 13.1 Å². The number of sulfonamides is 1. The molecule has 1 amide bonds. The van der Waals surface area contributed by atoms with Crippen LogP contribution in [-0.4, -0.2) is 42.7 Å². The highest BCUT2D eigenvalue weighted by Crippen LogP contribution is 2.39. The second kappa shape index (κ2) is 9.30. The zero-order valence-electron chi connectivity index (χ0n) is 19.5. The third-order valence-corrected chi connectivity index (χ3v) is 10.2. The molecule has 0 unspecified atom stereocenters. The zero-order valence-corrected chi connectivity index (χ0v) is 21.9. The van der Waals surface area contributed by atoms with Crippen molar-refractivity contribution in [2.24, 2.45) is 0 Å². The molecule has 1 atom stereocenters. The molecule has 1 saturated carbocycles. The van der Waals surface area contributed by atoms with Crippen LogP contribution >= 0.6 is 22.9 Å². The first-order chi connectivity index (χ1) is 17.4. The van der Waals surface area contributed by atoms with E-state index >= 15 is 0 Å². The van der Waals surface area contributed by atoms with Crippen LogP contribution in [0.5, 0.6) is 0 Å². The Kier molecular flexibility index (Phi) is 6.12. The molecule has 0 bridgehead atoms. The second-order valence-corrected chi connectivity index (χ2v) is 12.7. The molecule has 0 N–H and O–H groups in total. The van der Waals surface area contributed by atoms with Crippen molar-refractivity contribution in [3.8, 4) is 0 Å². The fraction of sp³-hybridized carbons (Fsp3) is 0.250. The summed E-state index contributed by atoms with van der Waals surface area (Å²) in [5.74, 6) is -0.178. The lowest BCUT2D eigenvalue weighted by Crippen LogP contribution is -2.47. The Labute approximate surface area is 220 Å². The van der Waals surface area contributed by atoms with Crippen LogP contribution < -0.4 is 0 Å². The zero-order chi connectivity index (χ0) is 24.9. The van der Waals surface area contributed by atoms with Gasteiger partial charge in [-0.3, -0.25) is 4.79 Å². The molecule has 1 aromatic heterocycles. The quantitative estimate of drug-likeness (QED) is 0.309. The number of thiophene rings is 1. The molecule has 0 spiro atoms. The number of nitrogens with zero attached hydrogens (tertiary/aromatic N) is 2. The Hall–Kier alpha value is -2.71. The molecule has 3 aromatic carbocycles. The number of carbonyl (C=O) groups excluding carboxylic acids is 1. The highest BCUT2D eigenvalue weighted by atomic mass is 35.5. The van der Waals surface area contributed by atoms with Crippen LogP contribution in [0.25, 0.3) is 10.8 Å². The Morgan fingerprint density at radius 3 is 2.50 bits per heavy atom. The first kappa shape index (κ1) is 23.7. The second-order valence-electron chi connectivity index (χ2n) is 9.38. The van der Waals surface area contributed by atoms with Gasteiger partial charge in [-0.1, -0.05) is 54.1 Å². The third kappa shape index (κ3) is 4.34. The van der Waals surface area contributed by atoms with E-state index in [1.807, 2.05) is 59.5 Å². The van der Waals surface area contributed by atoms with E-state index in [0.29, 0.717) is 11.6 Å². The van der Waals surface area contributed by atoms with E-state index in [1.54, 1.807) is 23.5 Å². The molecule has 5 nitrogen and oxygen atoms in total. The van der Waals surface area contributed by atoms with Crippen LogP contribution in [0.3, 0.4) is 0 Å². The fourth-order valence-electron chi connectivity index (χ4n) is 5.05. The van der Waals surface area contributed by atoms with Gasteiger partial charge in [0, 0.05) is 22.5 Å². The summed E-state index contributed by atoms with van der Waals surface area (Å²) in [6.07, 6.45) is 2.31. The van der Waals surface area contributed by atoms with Crippen molar-refractivity contribution in [1.82, 2.24) is 9.21 Å². The molecule has 0 saturated heterocycles. The molecule has 4 aromatic rings. The van der Waals surface area contributed by atoms with E-state index in [-0.39, 0.29) is 29.4 Å². The smallest absolute Gasteiger partial charge is 0.243 e. The van der Waals surface area contributed by atoms with Crippen molar-refractivity contribution in [2.45, 2.75) is 36.2 Å². The highest BCUT2D eigenvalue weighted by molar-refractivity contribution is 7.89. The van der Waals surface area contributed by atoms with Crippen molar-refractivity contribution in [3.63, 3.8) is 0 Å². The molecule has 8 heteroatoms. The molecule has 2 heterocycles. The molecule has 1 aliphatic heterocycles. The molecule has 184 valence electrons. The predicted octanol–water partition coefficient (Wildman–Crippen LogP) is 5.88. The van der Waals surface area contributed by atoms with E-state index in [4.69, 9.17) is 11.6 Å². The minimum atomic E-state index is -3.83. The fourth-order valence-corrected chi connectivity index (χ4v) is 7.75. The number of carbonyl (C=O) groups is 1. The molecule has 2 aliphatic rings. The van der Waals surface area contributed by atoms with E-state index in [0.717, 1.165) is 41.2 Å². The van der Waals surface area contributed by atoms with Crippen LogP contribution in [0.1, 0.15) is 34.9 Å². The van der Waals surface area contributed by atoms with Crippen LogP contribution in [0.15, 0.2) is 83.1 Å². The summed E-state index contributed by atoms with van der Waals surface area (Å²) in [6, 6.07) is 22.1. The summed E-state index contributed by atoms with van der Waals surface area (Å²) < 4.78 is 28.9. The lowest BCUT2D eigenvalue weighted by Gasteiger charge is -2.37. The summed E-state index contributed by atoms with van der Waals surface area (Å²) >= 11 is 7.83. The molecule has 0 radical (unpaired) electrons. The van der Waals surface area contributed by atoms with E-state index in [2.05, 4.69) is 11.4 Å². The average Bonchev–Trinajstić information content (AvgIpc) is 3.62. The Morgan fingerprint density at radius 1 is 1.00 bits per heavy atom. The predicted molar refractivity (Wildman–Crippen MR) is 144 cm³/mol. The topological polar surface area (TPSA) is 57.7 Å². The third-order valence-electron chi connectivity index (χ3n) is 7.04. The molecule has 36 heavy (non-hydrogen) atoms. The summed E-state index contributed by atoms with van der Waals surface area (Å²) in [7, 11) is -3.83. The van der Waals surface area contributed by atoms with Crippen LogP contribution in [0.4, 0.5) is 0 Å². The summed E-state index contributed by atoms with van der Waals surface area (Å²) in [5.41, 5.74) is 2.08. The number of hydrogen-bond donors (Lipinski definition) is 0. The molecule has 1 aliphatic carbocycles. The molecular weight excluding hydrogens is 512 g/mol. The Balaban J connectivity index is 1.32. The van der Waals surface area contributed by atoms with E-state index in [1.165, 1.54) is 9.18 Å². The number of hydrogen-bond acceptors (Lipinski definition) is 4. The molecule has 6 rings (SSSR count). The van der Waals surface area contributed by atoms with Gasteiger partial charge in [0.2, 0.25) is 15.9 Å². The number of amides is 1. The van der Waals surface area contributed by atoms with Gasteiger partial charge in [0.05, 0.1) is 17.5 Å². The summed E-state index contributed by atoms with van der Waals surface area (Å²) in [4.78, 5) is 17.1. The summed E-state index contributed by atoms with van der Waals surface area (Å²) in [5, 5.41) is 4.54. The van der Waals surface area contributed by atoms with Crippen molar-refractivity contribution in [3.05, 3.63) is 99.2 Å². The number of benzene rings is 3. The maximum atomic E-state index is 13.8. The number of halogens is 1. The van der Waals surface area contributed by atoms with E-state index in [9.17, 15) is 13.2 Å². The van der Waals surface area contributed by atoms with Gasteiger partial charge in [0.25, 0.3) is 0 Å². The number of fused-ring (bicyclic) bond motifs is 2. The van der Waals surface area contributed by atoms with Crippen molar-refractivity contribution < 1.29 is 13.2 Å². The molecule has 1 fully saturated rings. The van der Waals surface area contributed by atoms with Crippen LogP contribution in [0.2, 0.25) is 5.02 Å². The largest absolute Gasteiger partial charge is 0.330 e. The minimum absolute atomic E-state index is 0.138. The first-order valence-electron chi connectivity index (χ1n) is 12.0. The van der Waals surface area contributed by atoms with E-state index < -0.39 is 10.0 Å². The van der Waals surface area contributed by atoms with Gasteiger partial charge in [0.15, 0.2) is 0 Å². The van der Waals surface area contributed by atoms with Crippen LogP contribution in [0, 0.1) is 0 Å². The van der Waals surface area contributed by atoms with Gasteiger partial charge in [-0.15, -0.1) is 11.3 Å². The van der Waals surface area contributed by atoms with Gasteiger partial charge in [-0.25, -0.2) is 8.42 Å². The summed E-state index contributed by atoms with van der Waals surface area (Å²) in [6.45, 7) is 0.386. The first-order valence-corrected chi connectivity index (χ1v) is 14.7. The maximum absolute atomic E-state index is 13.8. The Bertz CT molecular complexity index is 1540. The monoisotopic (exact) mass is 536 g/mol. The normalized spacial score (nSPS) is 17.9. The minimum Gasteiger partial charge on any atom is -0.330 e. The van der Waals surface area contributed by atoms with Gasteiger partial charge >= 0.3 is 0 Å². The van der Waals surface area contributed by atoms with Crippen molar-refractivity contribution >= 4 is 49.6 Å². The van der Waals surface area contributed by atoms with Gasteiger partial charge < -0.3 is 4.90 Å². The van der Waals surface area contributed by atoms with Gasteiger partial charge in [0.1, 0.15) is 0 Å². The Morgan fingerprint density at radius 2 is 1.75 bits per heavy atom. The number of rotatable bonds is 6. The lowest BCUT2D eigenvalue weighted by molar-refractivity contribution is -0.133. The molecular formula is C28H25ClN2O3S2. The SMILES string of the molecule is O=C(CN(C1CC1)S(=O)(=O)c1ccc2ccccc2c1)N1CCc2sccc2[C@H]1c1ccc(Cl)cc1. The average molecular weight is 537 g/mol. The standard InChI is InChI=1S/C28H25ClN2O3S2/c29-22-8-5-20(6-9-22)28-25-14-16-35-26(25)13-15-30(28)27(32)18-31(23-10-11-23)36(33,34)24-12-7-19-3-1-2-4-21(19)17-24/h1-9,12,14,16-17,23,28H,10-11,13,15,18H2/t28-/m1/s1. The lowest BCUT2D eigenvalue weighted by atomic mass is 9.93.